The number of benzene rings is 1. The van der Waals surface area contributed by atoms with Crippen LogP contribution in [0.15, 0.2) is 17.0 Å². The van der Waals surface area contributed by atoms with Crippen LogP contribution in [0.4, 0.5) is 8.78 Å². The van der Waals surface area contributed by atoms with Gasteiger partial charge in [0.1, 0.15) is 16.5 Å². The molecule has 2 N–H and O–H groups in total. The van der Waals surface area contributed by atoms with Crippen molar-refractivity contribution in [1.29, 1.82) is 0 Å². The molecule has 0 saturated carbocycles. The fraction of sp³-hybridized carbons (Fsp3) is 0.250. The van der Waals surface area contributed by atoms with Crippen molar-refractivity contribution in [3.8, 4) is 0 Å². The third-order valence-corrected chi connectivity index (χ3v) is 2.84. The quantitative estimate of drug-likeness (QED) is 0.765. The van der Waals surface area contributed by atoms with Crippen LogP contribution in [0, 0.1) is 11.6 Å². The fourth-order valence-corrected chi connectivity index (χ4v) is 1.99. The molecule has 1 aromatic carbocycles. The smallest absolute Gasteiger partial charge is 0.181 e. The lowest BCUT2D eigenvalue weighted by atomic mass is 10.2. The van der Waals surface area contributed by atoms with E-state index in [1.807, 2.05) is 0 Å². The standard InChI is InChI=1S/C8H9F2NO3S/c1-15(13,14)8-6(9)2-5(4-11-12)3-7(8)10/h2-3,11-12H,4H2,1H3. The first kappa shape index (κ1) is 12.0. The van der Waals surface area contributed by atoms with Crippen LogP contribution in [0.25, 0.3) is 0 Å². The fourth-order valence-electron chi connectivity index (χ4n) is 1.16. The largest absolute Gasteiger partial charge is 0.316 e. The molecule has 0 saturated heterocycles. The molecule has 0 amide bonds. The number of hydroxylamine groups is 1. The van der Waals surface area contributed by atoms with Crippen molar-refractivity contribution in [2.45, 2.75) is 11.4 Å². The van der Waals surface area contributed by atoms with Crippen molar-refractivity contribution in [2.24, 2.45) is 0 Å². The first-order chi connectivity index (χ1) is 6.86. The average molecular weight is 237 g/mol. The Kier molecular flexibility index (Phi) is 3.38. The normalized spacial score (nSPS) is 11.7. The van der Waals surface area contributed by atoms with Gasteiger partial charge in [-0.3, -0.25) is 0 Å². The Balaban J connectivity index is 3.34. The first-order valence-electron chi connectivity index (χ1n) is 3.91. The Morgan fingerprint density at radius 2 is 1.80 bits per heavy atom. The summed E-state index contributed by atoms with van der Waals surface area (Å²) >= 11 is 0. The summed E-state index contributed by atoms with van der Waals surface area (Å²) in [6.07, 6.45) is 0.721. The minimum atomic E-state index is -3.93. The van der Waals surface area contributed by atoms with Gasteiger partial charge in [0.05, 0.1) is 0 Å². The summed E-state index contributed by atoms with van der Waals surface area (Å²) in [6.45, 7) is -0.169. The highest BCUT2D eigenvalue weighted by molar-refractivity contribution is 7.90. The third-order valence-electron chi connectivity index (χ3n) is 1.71. The molecule has 0 bridgehead atoms. The van der Waals surface area contributed by atoms with E-state index < -0.39 is 26.4 Å². The summed E-state index contributed by atoms with van der Waals surface area (Å²) in [4.78, 5) is -0.954. The summed E-state index contributed by atoms with van der Waals surface area (Å²) in [7, 11) is -3.93. The minimum absolute atomic E-state index is 0.111. The molecule has 0 heterocycles. The molecule has 0 aliphatic carbocycles. The summed E-state index contributed by atoms with van der Waals surface area (Å²) < 4.78 is 48.4. The van der Waals surface area contributed by atoms with Crippen molar-refractivity contribution >= 4 is 9.84 Å². The van der Waals surface area contributed by atoms with Crippen LogP contribution in [0.5, 0.6) is 0 Å². The molecule has 1 aromatic rings. The number of rotatable bonds is 3. The predicted molar refractivity (Wildman–Crippen MR) is 48.1 cm³/mol. The van der Waals surface area contributed by atoms with Gasteiger partial charge in [-0.15, -0.1) is 0 Å². The summed E-state index contributed by atoms with van der Waals surface area (Å²) in [6, 6.07) is 1.70. The topological polar surface area (TPSA) is 66.4 Å². The van der Waals surface area contributed by atoms with Crippen LogP contribution in [0.3, 0.4) is 0 Å². The number of halogens is 2. The van der Waals surface area contributed by atoms with Gasteiger partial charge in [-0.1, -0.05) is 0 Å². The maximum absolute atomic E-state index is 13.2. The first-order valence-corrected chi connectivity index (χ1v) is 5.80. The summed E-state index contributed by atoms with van der Waals surface area (Å²) in [5.41, 5.74) is 1.82. The maximum Gasteiger partial charge on any atom is 0.181 e. The van der Waals surface area contributed by atoms with Crippen molar-refractivity contribution < 1.29 is 22.4 Å². The van der Waals surface area contributed by atoms with Crippen LogP contribution < -0.4 is 5.48 Å². The van der Waals surface area contributed by atoms with E-state index in [2.05, 4.69) is 0 Å². The second kappa shape index (κ2) is 4.21. The maximum atomic E-state index is 13.2. The van der Waals surface area contributed by atoms with Gasteiger partial charge in [-0.25, -0.2) is 22.7 Å². The summed E-state index contributed by atoms with van der Waals surface area (Å²) in [5, 5.41) is 8.32. The van der Waals surface area contributed by atoms with Gasteiger partial charge in [0.2, 0.25) is 0 Å². The lowest BCUT2D eigenvalue weighted by molar-refractivity contribution is 0.161. The SMILES string of the molecule is CS(=O)(=O)c1c(F)cc(CNO)cc1F. The van der Waals surface area contributed by atoms with Crippen LogP contribution >= 0.6 is 0 Å². The molecule has 0 spiro atoms. The zero-order valence-electron chi connectivity index (χ0n) is 7.79. The lowest BCUT2D eigenvalue weighted by Crippen LogP contribution is -2.10. The third kappa shape index (κ3) is 2.71. The predicted octanol–water partition coefficient (Wildman–Crippen LogP) is 0.847. The number of hydrogen-bond donors (Lipinski definition) is 2. The average Bonchev–Trinajstić information content (AvgIpc) is 1.99. The monoisotopic (exact) mass is 237 g/mol. The van der Waals surface area contributed by atoms with E-state index in [4.69, 9.17) is 5.21 Å². The molecule has 0 fully saturated rings. The van der Waals surface area contributed by atoms with Crippen LogP contribution in [-0.4, -0.2) is 19.9 Å². The number of nitrogens with one attached hydrogen (secondary N) is 1. The molecular formula is C8H9F2NO3S. The van der Waals surface area contributed by atoms with Crippen molar-refractivity contribution in [3.63, 3.8) is 0 Å². The summed E-state index contributed by atoms with van der Waals surface area (Å²) in [5.74, 6) is -2.33. The van der Waals surface area contributed by atoms with Gasteiger partial charge in [-0.2, -0.15) is 0 Å². The molecule has 84 valence electrons. The van der Waals surface area contributed by atoms with E-state index >= 15 is 0 Å². The minimum Gasteiger partial charge on any atom is -0.316 e. The van der Waals surface area contributed by atoms with E-state index in [-0.39, 0.29) is 12.1 Å². The molecule has 4 nitrogen and oxygen atoms in total. The number of hydrogen-bond acceptors (Lipinski definition) is 4. The molecule has 15 heavy (non-hydrogen) atoms. The van der Waals surface area contributed by atoms with Crippen molar-refractivity contribution in [3.05, 3.63) is 29.3 Å². The molecule has 0 aromatic heterocycles. The van der Waals surface area contributed by atoms with Gasteiger partial charge in [-0.05, 0) is 17.7 Å². The molecule has 0 atom stereocenters. The Hall–Kier alpha value is -1.05. The van der Waals surface area contributed by atoms with E-state index in [0.29, 0.717) is 0 Å². The number of sulfone groups is 1. The van der Waals surface area contributed by atoms with E-state index in [1.165, 1.54) is 0 Å². The van der Waals surface area contributed by atoms with Gasteiger partial charge in [0.15, 0.2) is 9.84 Å². The van der Waals surface area contributed by atoms with Gasteiger partial charge < -0.3 is 5.21 Å². The van der Waals surface area contributed by atoms with E-state index in [9.17, 15) is 17.2 Å². The molecule has 1 rings (SSSR count). The highest BCUT2D eigenvalue weighted by Gasteiger charge is 2.20. The van der Waals surface area contributed by atoms with Gasteiger partial charge in [0.25, 0.3) is 0 Å². The van der Waals surface area contributed by atoms with Crippen LogP contribution in [0.1, 0.15) is 5.56 Å². The second-order valence-electron chi connectivity index (χ2n) is 3.00. The molecule has 0 aliphatic rings. The van der Waals surface area contributed by atoms with Crippen LogP contribution in [0.2, 0.25) is 0 Å². The zero-order chi connectivity index (χ0) is 11.6. The second-order valence-corrected chi connectivity index (χ2v) is 4.95. The van der Waals surface area contributed by atoms with E-state index in [0.717, 1.165) is 18.4 Å². The molecule has 7 heteroatoms. The molecule has 0 unspecified atom stereocenters. The highest BCUT2D eigenvalue weighted by atomic mass is 32.2. The molecule has 0 radical (unpaired) electrons. The highest BCUT2D eigenvalue weighted by Crippen LogP contribution is 2.20. The zero-order valence-corrected chi connectivity index (χ0v) is 8.61. The Bertz CT molecular complexity index is 450. The Labute approximate surface area is 85.4 Å². The van der Waals surface area contributed by atoms with Crippen molar-refractivity contribution in [2.75, 3.05) is 6.26 Å². The molecule has 0 aliphatic heterocycles. The Morgan fingerprint density at radius 1 is 1.33 bits per heavy atom. The van der Waals surface area contributed by atoms with Crippen LogP contribution in [-0.2, 0) is 16.4 Å². The van der Waals surface area contributed by atoms with E-state index in [1.54, 1.807) is 5.48 Å². The van der Waals surface area contributed by atoms with Gasteiger partial charge >= 0.3 is 0 Å². The van der Waals surface area contributed by atoms with Gasteiger partial charge in [0, 0.05) is 12.8 Å². The molecular weight excluding hydrogens is 228 g/mol. The lowest BCUT2D eigenvalue weighted by Gasteiger charge is -2.05. The Morgan fingerprint density at radius 3 is 2.13 bits per heavy atom. The van der Waals surface area contributed by atoms with Crippen molar-refractivity contribution in [1.82, 2.24) is 5.48 Å².